The Morgan fingerprint density at radius 3 is 2.29 bits per heavy atom. The summed E-state index contributed by atoms with van der Waals surface area (Å²) in [5.41, 5.74) is 0. The average molecular weight is 511 g/mol. The number of hydrogen-bond donors (Lipinski definition) is 3. The number of likely N-dealkylation sites (tertiary alicyclic amines) is 1. The molecule has 6 nitrogen and oxygen atoms in total. The molecule has 0 radical (unpaired) electrons. The predicted molar refractivity (Wildman–Crippen MR) is 128 cm³/mol. The molecule has 1 unspecified atom stereocenters. The van der Waals surface area contributed by atoms with Gasteiger partial charge in [0.15, 0.2) is 5.96 Å². The van der Waals surface area contributed by atoms with Crippen molar-refractivity contribution in [3.63, 3.8) is 0 Å². The smallest absolute Gasteiger partial charge is 0.225 e. The topological polar surface area (TPSA) is 77.0 Å². The van der Waals surface area contributed by atoms with E-state index in [1.807, 2.05) is 4.90 Å². The van der Waals surface area contributed by atoms with E-state index in [4.69, 9.17) is 4.99 Å². The lowest BCUT2D eigenvalue weighted by molar-refractivity contribution is -0.136. The Kier molecular flexibility index (Phi) is 15.9. The summed E-state index contributed by atoms with van der Waals surface area (Å²) in [5, 5.41) is 16.1. The number of carbonyl (C=O) groups excluding carboxylic acids is 1. The fraction of sp³-hybridized carbons (Fsp3) is 0.905. The first-order chi connectivity index (χ1) is 13.1. The van der Waals surface area contributed by atoms with E-state index in [0.717, 1.165) is 77.1 Å². The Bertz CT molecular complexity index is 430. The first kappa shape index (κ1) is 27.4. The van der Waals surface area contributed by atoms with E-state index < -0.39 is 0 Å². The Labute approximate surface area is 189 Å². The maximum atomic E-state index is 12.5. The maximum absolute atomic E-state index is 12.5. The highest BCUT2D eigenvalue weighted by atomic mass is 127. The second kappa shape index (κ2) is 16.3. The third kappa shape index (κ3) is 9.76. The number of carbonyl (C=O) groups is 1. The van der Waals surface area contributed by atoms with Gasteiger partial charge in [0.2, 0.25) is 5.91 Å². The van der Waals surface area contributed by atoms with Crippen LogP contribution in [0.1, 0.15) is 72.6 Å². The number of nitrogens with zero attached hydrogens (tertiary/aromatic N) is 2. The highest BCUT2D eigenvalue weighted by molar-refractivity contribution is 14.0. The average Bonchev–Trinajstić information content (AvgIpc) is 2.68. The zero-order valence-corrected chi connectivity index (χ0v) is 20.7. The van der Waals surface area contributed by atoms with Crippen LogP contribution >= 0.6 is 24.0 Å². The van der Waals surface area contributed by atoms with Crippen molar-refractivity contribution in [2.45, 2.75) is 78.7 Å². The summed E-state index contributed by atoms with van der Waals surface area (Å²) in [6.07, 6.45) is 6.81. The van der Waals surface area contributed by atoms with Crippen molar-refractivity contribution in [1.82, 2.24) is 15.5 Å². The molecular weight excluding hydrogens is 467 g/mol. The van der Waals surface area contributed by atoms with Gasteiger partial charge in [-0.15, -0.1) is 24.0 Å². The van der Waals surface area contributed by atoms with Gasteiger partial charge in [0, 0.05) is 44.7 Å². The van der Waals surface area contributed by atoms with Crippen molar-refractivity contribution < 1.29 is 9.90 Å². The fourth-order valence-electron chi connectivity index (χ4n) is 3.79. The zero-order chi connectivity index (χ0) is 20.1. The molecule has 1 saturated heterocycles. The molecule has 0 aromatic heterocycles. The standard InChI is InChI=1S/C21H42N4O2.HI/c1-5-9-17(12-15-26)16-23-21(22-8-4)24-19-10-13-25(14-11-19)20(27)18(6-2)7-3;/h17-19,26H,5-16H2,1-4H3,(H2,22,23,24);1H. The molecule has 28 heavy (non-hydrogen) atoms. The summed E-state index contributed by atoms with van der Waals surface area (Å²) < 4.78 is 0. The number of aliphatic imine (C=N–C) groups is 1. The summed E-state index contributed by atoms with van der Waals surface area (Å²) in [6.45, 7) is 11.9. The van der Waals surface area contributed by atoms with Gasteiger partial charge in [-0.1, -0.05) is 27.2 Å². The van der Waals surface area contributed by atoms with Crippen LogP contribution in [0.25, 0.3) is 0 Å². The van der Waals surface area contributed by atoms with Crippen LogP contribution in [0.2, 0.25) is 0 Å². The third-order valence-electron chi connectivity index (χ3n) is 5.57. The monoisotopic (exact) mass is 510 g/mol. The van der Waals surface area contributed by atoms with Crippen LogP contribution in [0, 0.1) is 11.8 Å². The Hall–Kier alpha value is -0.570. The minimum absolute atomic E-state index is 0. The van der Waals surface area contributed by atoms with E-state index in [0.29, 0.717) is 17.9 Å². The number of nitrogens with one attached hydrogen (secondary N) is 2. The summed E-state index contributed by atoms with van der Waals surface area (Å²) in [7, 11) is 0. The molecule has 1 rings (SSSR count). The van der Waals surface area contributed by atoms with E-state index in [9.17, 15) is 9.90 Å². The molecule has 166 valence electrons. The quantitative estimate of drug-likeness (QED) is 0.226. The van der Waals surface area contributed by atoms with Crippen molar-refractivity contribution in [3.8, 4) is 0 Å². The highest BCUT2D eigenvalue weighted by Crippen LogP contribution is 2.17. The maximum Gasteiger partial charge on any atom is 0.225 e. The van der Waals surface area contributed by atoms with E-state index in [1.165, 1.54) is 0 Å². The van der Waals surface area contributed by atoms with Crippen LogP contribution in [-0.2, 0) is 4.79 Å². The van der Waals surface area contributed by atoms with Gasteiger partial charge in [-0.3, -0.25) is 9.79 Å². The lowest BCUT2D eigenvalue weighted by Crippen LogP contribution is -2.50. The van der Waals surface area contributed by atoms with Crippen molar-refractivity contribution in [1.29, 1.82) is 0 Å². The van der Waals surface area contributed by atoms with Gasteiger partial charge in [-0.05, 0) is 51.4 Å². The predicted octanol–water partition coefficient (Wildman–Crippen LogP) is 3.39. The Balaban J connectivity index is 0.00000729. The first-order valence-corrected chi connectivity index (χ1v) is 11.0. The van der Waals surface area contributed by atoms with Gasteiger partial charge in [0.05, 0.1) is 0 Å². The van der Waals surface area contributed by atoms with E-state index in [-0.39, 0.29) is 36.5 Å². The van der Waals surface area contributed by atoms with Crippen LogP contribution in [0.4, 0.5) is 0 Å². The molecule has 1 aliphatic rings. The number of guanidine groups is 1. The van der Waals surface area contributed by atoms with Gasteiger partial charge in [0.1, 0.15) is 0 Å². The first-order valence-electron chi connectivity index (χ1n) is 11.0. The highest BCUT2D eigenvalue weighted by Gasteiger charge is 2.26. The molecule has 0 aromatic carbocycles. The summed E-state index contributed by atoms with van der Waals surface area (Å²) in [5.74, 6) is 1.80. The fourth-order valence-corrected chi connectivity index (χ4v) is 3.79. The van der Waals surface area contributed by atoms with E-state index in [1.54, 1.807) is 0 Å². The van der Waals surface area contributed by atoms with Crippen LogP contribution in [0.5, 0.6) is 0 Å². The van der Waals surface area contributed by atoms with Crippen LogP contribution in [0.3, 0.4) is 0 Å². The number of aliphatic hydroxyl groups excluding tert-OH is 1. The lowest BCUT2D eigenvalue weighted by atomic mass is 9.98. The van der Waals surface area contributed by atoms with Crippen molar-refractivity contribution in [2.24, 2.45) is 16.8 Å². The Morgan fingerprint density at radius 2 is 1.79 bits per heavy atom. The molecule has 0 aromatic rings. The molecule has 1 aliphatic heterocycles. The number of aliphatic hydroxyl groups is 1. The minimum Gasteiger partial charge on any atom is -0.396 e. The minimum atomic E-state index is 0. The zero-order valence-electron chi connectivity index (χ0n) is 18.4. The molecule has 3 N–H and O–H groups in total. The SMILES string of the molecule is CCCC(CCO)CN=C(NCC)NC1CCN(C(=O)C(CC)CC)CC1.I. The Morgan fingerprint density at radius 1 is 1.14 bits per heavy atom. The number of hydrogen-bond acceptors (Lipinski definition) is 3. The van der Waals surface area contributed by atoms with Crippen molar-refractivity contribution in [2.75, 3.05) is 32.8 Å². The molecule has 1 atom stereocenters. The number of amides is 1. The molecular formula is C21H43IN4O2. The molecule has 0 saturated carbocycles. The van der Waals surface area contributed by atoms with Gasteiger partial charge < -0.3 is 20.6 Å². The van der Waals surface area contributed by atoms with Crippen LogP contribution in [-0.4, -0.2) is 60.7 Å². The molecule has 1 amide bonds. The van der Waals surface area contributed by atoms with Gasteiger partial charge in [0.25, 0.3) is 0 Å². The molecule has 0 spiro atoms. The molecule has 0 bridgehead atoms. The molecule has 1 fully saturated rings. The van der Waals surface area contributed by atoms with Crippen molar-refractivity contribution in [3.05, 3.63) is 0 Å². The third-order valence-corrected chi connectivity index (χ3v) is 5.57. The normalized spacial score (nSPS) is 16.6. The van der Waals surface area contributed by atoms with E-state index in [2.05, 4.69) is 38.3 Å². The molecule has 0 aliphatic carbocycles. The second-order valence-electron chi connectivity index (χ2n) is 7.64. The van der Waals surface area contributed by atoms with E-state index >= 15 is 0 Å². The van der Waals surface area contributed by atoms with Gasteiger partial charge in [-0.25, -0.2) is 0 Å². The van der Waals surface area contributed by atoms with Gasteiger partial charge >= 0.3 is 0 Å². The van der Waals surface area contributed by atoms with Crippen molar-refractivity contribution >= 4 is 35.8 Å². The number of piperidine rings is 1. The molecule has 7 heteroatoms. The molecule has 1 heterocycles. The number of halogens is 1. The summed E-state index contributed by atoms with van der Waals surface area (Å²) in [4.78, 5) is 19.3. The number of rotatable bonds is 11. The van der Waals surface area contributed by atoms with Crippen LogP contribution in [0.15, 0.2) is 4.99 Å². The summed E-state index contributed by atoms with van der Waals surface area (Å²) in [6, 6.07) is 0.357. The van der Waals surface area contributed by atoms with Crippen LogP contribution < -0.4 is 10.6 Å². The van der Waals surface area contributed by atoms with Gasteiger partial charge in [-0.2, -0.15) is 0 Å². The summed E-state index contributed by atoms with van der Waals surface area (Å²) >= 11 is 0. The largest absolute Gasteiger partial charge is 0.396 e. The second-order valence-corrected chi connectivity index (χ2v) is 7.64. The lowest BCUT2D eigenvalue weighted by Gasteiger charge is -2.35.